The monoisotopic (exact) mass is 255 g/mol. The van der Waals surface area contributed by atoms with Crippen LogP contribution in [-0.2, 0) is 0 Å². The van der Waals surface area contributed by atoms with Gasteiger partial charge in [-0.15, -0.1) is 0 Å². The van der Waals surface area contributed by atoms with E-state index in [1.807, 2.05) is 13.8 Å². The average Bonchev–Trinajstić information content (AvgIpc) is 2.58. The van der Waals surface area contributed by atoms with Gasteiger partial charge in [-0.2, -0.15) is 5.10 Å². The fourth-order valence-corrected chi connectivity index (χ4v) is 0.885. The lowest BCUT2D eigenvalue weighted by Gasteiger charge is -2.05. The maximum Gasteiger partial charge on any atom is 0.317 e. The first-order chi connectivity index (χ1) is 8.06. The van der Waals surface area contributed by atoms with Gasteiger partial charge < -0.3 is 0 Å². The van der Waals surface area contributed by atoms with Gasteiger partial charge in [0.05, 0.1) is 4.92 Å². The van der Waals surface area contributed by atoms with Crippen LogP contribution in [0.2, 0.25) is 0 Å². The maximum absolute atomic E-state index is 10.4. The van der Waals surface area contributed by atoms with Gasteiger partial charge in [-0.1, -0.05) is 27.7 Å². The molecule has 0 radical (unpaired) electrons. The van der Waals surface area contributed by atoms with Crippen molar-refractivity contribution in [2.45, 2.75) is 47.6 Å². The third-order valence-corrected chi connectivity index (χ3v) is 1.58. The van der Waals surface area contributed by atoms with Crippen molar-refractivity contribution in [1.29, 1.82) is 0 Å². The van der Waals surface area contributed by atoms with Crippen molar-refractivity contribution < 1.29 is 9.72 Å². The largest absolute Gasteiger partial charge is 0.317 e. The minimum absolute atomic E-state index is 0.00685. The molecule has 0 aromatic carbocycles. The van der Waals surface area contributed by atoms with Crippen LogP contribution >= 0.6 is 0 Å². The molecular weight excluding hydrogens is 234 g/mol. The molecule has 0 unspecified atom stereocenters. The van der Waals surface area contributed by atoms with Crippen LogP contribution < -0.4 is 0 Å². The van der Waals surface area contributed by atoms with Gasteiger partial charge in [0.2, 0.25) is 5.69 Å². The molecule has 18 heavy (non-hydrogen) atoms. The van der Waals surface area contributed by atoms with E-state index in [1.54, 1.807) is 0 Å². The Bertz CT molecular complexity index is 411. The summed E-state index contributed by atoms with van der Waals surface area (Å²) in [6.07, 6.45) is 1.64. The minimum Gasteiger partial charge on any atom is -0.296 e. The first-order valence-corrected chi connectivity index (χ1v) is 5.75. The second-order valence-electron chi connectivity index (χ2n) is 5.85. The van der Waals surface area contributed by atoms with E-state index in [1.165, 1.54) is 10.9 Å². The van der Waals surface area contributed by atoms with Crippen LogP contribution in [0.5, 0.6) is 0 Å². The number of carbonyl (C=O) groups is 1. The van der Waals surface area contributed by atoms with Crippen LogP contribution in [0.15, 0.2) is 6.20 Å². The van der Waals surface area contributed by atoms with Crippen LogP contribution in [0.25, 0.3) is 0 Å². The lowest BCUT2D eigenvalue weighted by atomic mass is 10.0. The van der Waals surface area contributed by atoms with Gasteiger partial charge in [0.1, 0.15) is 6.20 Å². The first kappa shape index (κ1) is 16.3. The first-order valence-electron chi connectivity index (χ1n) is 5.75. The Morgan fingerprint density at radius 3 is 2.06 bits per heavy atom. The van der Waals surface area contributed by atoms with E-state index in [-0.39, 0.29) is 17.4 Å². The molecule has 0 amide bonds. The molecule has 0 fully saturated rings. The molecule has 1 aromatic heterocycles. The maximum atomic E-state index is 10.4. The van der Waals surface area contributed by atoms with E-state index in [9.17, 15) is 14.9 Å². The number of hydrogen-bond donors (Lipinski definition) is 0. The summed E-state index contributed by atoms with van der Waals surface area (Å²) in [4.78, 5) is 20.2. The SMILES string of the molecule is CC(C)(C)C.CC(C)n1cc([N+](=O)[O-])c(C=O)n1. The van der Waals surface area contributed by atoms with Gasteiger partial charge in [-0.25, -0.2) is 0 Å². The molecule has 0 bridgehead atoms. The number of nitrogens with zero attached hydrogens (tertiary/aromatic N) is 3. The predicted octanol–water partition coefficient (Wildman–Crippen LogP) is 3.24. The summed E-state index contributed by atoms with van der Waals surface area (Å²) in [5, 5.41) is 14.2. The quantitative estimate of drug-likeness (QED) is 0.472. The summed E-state index contributed by atoms with van der Waals surface area (Å²) in [6.45, 7) is 12.4. The van der Waals surface area contributed by atoms with E-state index in [0.29, 0.717) is 11.7 Å². The van der Waals surface area contributed by atoms with Gasteiger partial charge in [-0.3, -0.25) is 19.6 Å². The molecule has 0 saturated heterocycles. The minimum atomic E-state index is -0.615. The van der Waals surface area contributed by atoms with Gasteiger partial charge in [-0.05, 0) is 19.3 Å². The lowest BCUT2D eigenvalue weighted by molar-refractivity contribution is -0.385. The highest BCUT2D eigenvalue weighted by molar-refractivity contribution is 5.77. The smallest absolute Gasteiger partial charge is 0.296 e. The zero-order valence-corrected chi connectivity index (χ0v) is 11.8. The number of nitro groups is 1. The van der Waals surface area contributed by atoms with Gasteiger partial charge in [0, 0.05) is 6.04 Å². The van der Waals surface area contributed by atoms with Crippen molar-refractivity contribution in [2.24, 2.45) is 5.41 Å². The number of rotatable bonds is 3. The molecule has 0 aliphatic rings. The van der Waals surface area contributed by atoms with Crippen molar-refractivity contribution in [1.82, 2.24) is 9.78 Å². The molecule has 6 heteroatoms. The summed E-state index contributed by atoms with van der Waals surface area (Å²) in [6, 6.07) is 0.00685. The Hall–Kier alpha value is -1.72. The molecule has 0 atom stereocenters. The van der Waals surface area contributed by atoms with E-state index < -0.39 is 4.92 Å². The zero-order chi connectivity index (χ0) is 14.5. The van der Waals surface area contributed by atoms with E-state index >= 15 is 0 Å². The fraction of sp³-hybridized carbons (Fsp3) is 0.667. The fourth-order valence-electron chi connectivity index (χ4n) is 0.885. The summed E-state index contributed by atoms with van der Waals surface area (Å²) < 4.78 is 1.39. The second-order valence-corrected chi connectivity index (χ2v) is 5.85. The standard InChI is InChI=1S/C7H9N3O3.C5H12/c1-5(2)9-3-7(10(12)13)6(4-11)8-9;1-5(2,3)4/h3-5H,1-2H3;1-4H3. The molecule has 0 saturated carbocycles. The topological polar surface area (TPSA) is 78.0 Å². The molecule has 0 N–H and O–H groups in total. The number of carbonyl (C=O) groups excluding carboxylic acids is 1. The van der Waals surface area contributed by atoms with Crippen molar-refractivity contribution in [2.75, 3.05) is 0 Å². The molecule has 102 valence electrons. The van der Waals surface area contributed by atoms with Gasteiger partial charge in [0.15, 0.2) is 6.29 Å². The summed E-state index contributed by atoms with van der Waals surface area (Å²) in [7, 11) is 0. The molecule has 0 aliphatic heterocycles. The van der Waals surface area contributed by atoms with Gasteiger partial charge >= 0.3 is 5.69 Å². The van der Waals surface area contributed by atoms with Crippen LogP contribution in [-0.4, -0.2) is 21.0 Å². The number of hydrogen-bond acceptors (Lipinski definition) is 4. The highest BCUT2D eigenvalue weighted by atomic mass is 16.6. The molecule has 0 spiro atoms. The Morgan fingerprint density at radius 1 is 1.39 bits per heavy atom. The summed E-state index contributed by atoms with van der Waals surface area (Å²) in [5.41, 5.74) is 0.127. The van der Waals surface area contributed by atoms with Crippen LogP contribution in [0.4, 0.5) is 5.69 Å². The molecule has 6 nitrogen and oxygen atoms in total. The molecule has 0 aliphatic carbocycles. The third-order valence-electron chi connectivity index (χ3n) is 1.58. The van der Waals surface area contributed by atoms with Crippen LogP contribution in [0.3, 0.4) is 0 Å². The van der Waals surface area contributed by atoms with Crippen molar-refractivity contribution in [3.63, 3.8) is 0 Å². The van der Waals surface area contributed by atoms with Crippen molar-refractivity contribution in [3.8, 4) is 0 Å². The Morgan fingerprint density at radius 2 is 1.83 bits per heavy atom. The Labute approximate surface area is 107 Å². The van der Waals surface area contributed by atoms with Crippen molar-refractivity contribution in [3.05, 3.63) is 22.0 Å². The Balaban J connectivity index is 0.000000494. The highest BCUT2D eigenvalue weighted by Crippen LogP contribution is 2.17. The molecule has 1 aromatic rings. The molecule has 1 heterocycles. The number of aromatic nitrogens is 2. The zero-order valence-electron chi connectivity index (χ0n) is 11.8. The van der Waals surface area contributed by atoms with Crippen LogP contribution in [0.1, 0.15) is 58.1 Å². The second kappa shape index (κ2) is 6.28. The van der Waals surface area contributed by atoms with E-state index in [0.717, 1.165) is 0 Å². The van der Waals surface area contributed by atoms with Gasteiger partial charge in [0.25, 0.3) is 0 Å². The highest BCUT2D eigenvalue weighted by Gasteiger charge is 2.19. The summed E-state index contributed by atoms with van der Waals surface area (Å²) in [5.74, 6) is 0. The Kier molecular flexibility index (Phi) is 5.68. The number of aldehydes is 1. The average molecular weight is 255 g/mol. The molecular formula is C12H21N3O3. The van der Waals surface area contributed by atoms with Crippen molar-refractivity contribution >= 4 is 12.0 Å². The third kappa shape index (κ3) is 6.12. The normalized spacial score (nSPS) is 10.8. The summed E-state index contributed by atoms with van der Waals surface area (Å²) >= 11 is 0. The predicted molar refractivity (Wildman–Crippen MR) is 69.8 cm³/mol. The van der Waals surface area contributed by atoms with E-state index in [2.05, 4.69) is 32.8 Å². The van der Waals surface area contributed by atoms with Crippen LogP contribution in [0, 0.1) is 15.5 Å². The van der Waals surface area contributed by atoms with E-state index in [4.69, 9.17) is 0 Å². The molecule has 1 rings (SSSR count). The lowest BCUT2D eigenvalue weighted by Crippen LogP contribution is -2.01.